The number of hydrogen-bond donors (Lipinski definition) is 0. The van der Waals surface area contributed by atoms with Gasteiger partial charge in [-0.25, -0.2) is 0 Å². The van der Waals surface area contributed by atoms with E-state index >= 15 is 0 Å². The summed E-state index contributed by atoms with van der Waals surface area (Å²) in [5.74, 6) is 1.90. The van der Waals surface area contributed by atoms with Gasteiger partial charge in [0.15, 0.2) is 0 Å². The van der Waals surface area contributed by atoms with Crippen molar-refractivity contribution in [1.29, 1.82) is 0 Å². The fourth-order valence-corrected chi connectivity index (χ4v) is 5.91. The van der Waals surface area contributed by atoms with Crippen molar-refractivity contribution >= 4 is 40.3 Å². The smallest absolute Gasteiger partial charge is 0.224 e. The lowest BCUT2D eigenvalue weighted by Crippen LogP contribution is -2.29. The fraction of sp³-hybridized carbons (Fsp3) is 0.559. The lowest BCUT2D eigenvalue weighted by atomic mass is 10.1. The van der Waals surface area contributed by atoms with Gasteiger partial charge in [-0.2, -0.15) is 0 Å². The van der Waals surface area contributed by atoms with Gasteiger partial charge >= 0.3 is 0 Å². The number of allylic oxidation sites excluding steroid dienone is 1. The number of anilines is 1. The molecule has 0 aromatic heterocycles. The zero-order valence-electron chi connectivity index (χ0n) is 25.0. The number of nitrogens with zero attached hydrogens (tertiary/aromatic N) is 2. The largest absolute Gasteiger partial charge is 0.494 e. The van der Waals surface area contributed by atoms with Crippen LogP contribution in [0.15, 0.2) is 59.6 Å². The molecule has 0 spiro atoms. The second-order valence-electron chi connectivity index (χ2n) is 10.9. The highest BCUT2D eigenvalue weighted by Crippen LogP contribution is 2.30. The molecule has 2 aromatic rings. The summed E-state index contributed by atoms with van der Waals surface area (Å²) in [5.41, 5.74) is 3.23. The number of unbranched alkanes of at least 4 members (excludes halogenated alkanes) is 11. The van der Waals surface area contributed by atoms with E-state index in [9.17, 15) is 4.79 Å². The number of para-hydroxylation sites is 1. The molecule has 6 heteroatoms. The van der Waals surface area contributed by atoms with Crippen LogP contribution in [0.3, 0.4) is 0 Å². The van der Waals surface area contributed by atoms with E-state index in [4.69, 9.17) is 4.74 Å². The van der Waals surface area contributed by atoms with E-state index in [0.717, 1.165) is 42.4 Å². The number of carbonyl (C=O) groups is 1. The number of halogens is 1. The zero-order valence-corrected chi connectivity index (χ0v) is 27.6. The maximum absolute atomic E-state index is 12.7. The minimum atomic E-state index is 0. The Kier molecular flexibility index (Phi) is 17.2. The summed E-state index contributed by atoms with van der Waals surface area (Å²) in [4.78, 5) is 18.3. The molecule has 0 saturated heterocycles. The van der Waals surface area contributed by atoms with Gasteiger partial charge < -0.3 is 14.5 Å². The Morgan fingerprint density at radius 2 is 1.55 bits per heavy atom. The van der Waals surface area contributed by atoms with Crippen molar-refractivity contribution in [2.75, 3.05) is 17.4 Å². The second-order valence-corrected chi connectivity index (χ2v) is 12.1. The monoisotopic (exact) mass is 630 g/mol. The van der Waals surface area contributed by atoms with Crippen molar-refractivity contribution in [3.05, 3.63) is 70.8 Å². The Morgan fingerprint density at radius 1 is 0.900 bits per heavy atom. The first-order valence-electron chi connectivity index (χ1n) is 15.2. The molecule has 0 radical (unpaired) electrons. The van der Waals surface area contributed by atoms with Crippen LogP contribution >= 0.6 is 28.7 Å². The number of ether oxygens (including phenoxy) is 1. The second kappa shape index (κ2) is 20.0. The van der Waals surface area contributed by atoms with Crippen LogP contribution in [0.4, 0.5) is 5.69 Å². The van der Waals surface area contributed by atoms with Gasteiger partial charge in [0, 0.05) is 25.4 Å². The molecule has 4 nitrogen and oxygen atoms in total. The molecule has 40 heavy (non-hydrogen) atoms. The Hall–Kier alpha value is -1.92. The van der Waals surface area contributed by atoms with Crippen LogP contribution in [0.1, 0.15) is 109 Å². The maximum Gasteiger partial charge on any atom is 0.224 e. The van der Waals surface area contributed by atoms with Gasteiger partial charge in [-0.05, 0) is 47.6 Å². The van der Waals surface area contributed by atoms with Crippen molar-refractivity contribution in [1.82, 2.24) is 4.90 Å². The third-order valence-electron chi connectivity index (χ3n) is 7.36. The Balaban J connectivity index is 0.00000560. The fourth-order valence-electron chi connectivity index (χ4n) is 5.15. The van der Waals surface area contributed by atoms with Crippen LogP contribution < -0.4 is 9.64 Å². The summed E-state index contributed by atoms with van der Waals surface area (Å²) in [6.45, 7) is 8.16. The minimum absolute atomic E-state index is 0. The van der Waals surface area contributed by atoms with Crippen LogP contribution in [0.2, 0.25) is 0 Å². The first-order valence-corrected chi connectivity index (χ1v) is 16.2. The van der Waals surface area contributed by atoms with Crippen molar-refractivity contribution in [2.45, 2.75) is 111 Å². The van der Waals surface area contributed by atoms with Crippen LogP contribution in [0, 0.1) is 0 Å². The number of benzene rings is 2. The molecule has 1 aliphatic rings. The quantitative estimate of drug-likeness (QED) is 0.145. The normalized spacial score (nSPS) is 12.7. The molecule has 1 aliphatic heterocycles. The van der Waals surface area contributed by atoms with Gasteiger partial charge in [0.2, 0.25) is 5.91 Å². The van der Waals surface area contributed by atoms with Gasteiger partial charge in [0.05, 0.1) is 19.0 Å². The minimum Gasteiger partial charge on any atom is -0.494 e. The van der Waals surface area contributed by atoms with Crippen molar-refractivity contribution in [3.8, 4) is 5.75 Å². The molecule has 0 atom stereocenters. The molecule has 1 amide bonds. The van der Waals surface area contributed by atoms with Gasteiger partial charge in [0.25, 0.3) is 0 Å². The molecule has 0 aliphatic carbocycles. The lowest BCUT2D eigenvalue weighted by Gasteiger charge is -2.26. The summed E-state index contributed by atoms with van der Waals surface area (Å²) in [6.07, 6.45) is 18.3. The predicted octanol–water partition coefficient (Wildman–Crippen LogP) is 10.3. The first kappa shape index (κ1) is 34.3. The molecular formula is C34H51BrN2O2S. The van der Waals surface area contributed by atoms with E-state index in [1.54, 1.807) is 6.92 Å². The van der Waals surface area contributed by atoms with Crippen molar-refractivity contribution in [2.24, 2.45) is 0 Å². The van der Waals surface area contributed by atoms with Gasteiger partial charge in [-0.3, -0.25) is 4.79 Å². The van der Waals surface area contributed by atoms with E-state index in [0.29, 0.717) is 6.54 Å². The maximum atomic E-state index is 12.7. The topological polar surface area (TPSA) is 32.8 Å². The van der Waals surface area contributed by atoms with E-state index in [2.05, 4.69) is 55.3 Å². The number of hydrogen-bond acceptors (Lipinski definition) is 4. The number of thioether (sulfide) groups is 1. The number of rotatable bonds is 19. The summed E-state index contributed by atoms with van der Waals surface area (Å²) < 4.78 is 6.09. The van der Waals surface area contributed by atoms with Crippen LogP contribution in [0.5, 0.6) is 5.75 Å². The van der Waals surface area contributed by atoms with Crippen LogP contribution in [-0.4, -0.2) is 23.3 Å². The molecule has 222 valence electrons. The molecule has 0 saturated carbocycles. The standard InChI is InChI=1S/C34H50N2O2S.BrH/c1-4-5-6-7-8-9-10-11-12-13-14-17-23-38-33-21-18-19-31(24-33)26-36(30(3)37)34-22-16-15-20-32(34)27-35-25-29(2)39-28-35;/h15-16,18-22,24-25H,4-14,17,23,26-28H2,1-3H3;1H. The predicted molar refractivity (Wildman–Crippen MR) is 178 cm³/mol. The SMILES string of the molecule is Br.CCCCCCCCCCCCCCOc1cccc(CN(C(C)=O)c2ccccc2CN2C=C(C)SC2)c1. The molecule has 3 rings (SSSR count). The Morgan fingerprint density at radius 3 is 2.17 bits per heavy atom. The van der Waals surface area contributed by atoms with E-state index in [1.165, 1.54) is 81.1 Å². The van der Waals surface area contributed by atoms with Gasteiger partial charge in [-0.15, -0.1) is 28.7 Å². The highest BCUT2D eigenvalue weighted by atomic mass is 79.9. The van der Waals surface area contributed by atoms with Crippen LogP contribution in [0.25, 0.3) is 0 Å². The summed E-state index contributed by atoms with van der Waals surface area (Å²) >= 11 is 1.86. The Labute approximate surface area is 258 Å². The third-order valence-corrected chi connectivity index (χ3v) is 8.39. The third kappa shape index (κ3) is 12.7. The molecule has 1 heterocycles. The van der Waals surface area contributed by atoms with Crippen molar-refractivity contribution in [3.63, 3.8) is 0 Å². The highest BCUT2D eigenvalue weighted by molar-refractivity contribution is 8.93. The number of carbonyl (C=O) groups excluding carboxylic acids is 1. The molecule has 0 fully saturated rings. The van der Waals surface area contributed by atoms with Gasteiger partial charge in [-0.1, -0.05) is 108 Å². The van der Waals surface area contributed by atoms with Crippen LogP contribution in [-0.2, 0) is 17.9 Å². The van der Waals surface area contributed by atoms with E-state index < -0.39 is 0 Å². The zero-order chi connectivity index (χ0) is 27.7. The van der Waals surface area contributed by atoms with Crippen molar-refractivity contribution < 1.29 is 9.53 Å². The summed E-state index contributed by atoms with van der Waals surface area (Å²) in [5, 5.41) is 0. The first-order chi connectivity index (χ1) is 19.1. The number of amides is 1. The van der Waals surface area contributed by atoms with E-state index in [-0.39, 0.29) is 22.9 Å². The molecular weight excluding hydrogens is 580 g/mol. The average molecular weight is 632 g/mol. The highest BCUT2D eigenvalue weighted by Gasteiger charge is 2.18. The molecule has 0 bridgehead atoms. The molecule has 0 unspecified atom stereocenters. The summed E-state index contributed by atoms with van der Waals surface area (Å²) in [7, 11) is 0. The average Bonchev–Trinajstić information content (AvgIpc) is 3.35. The Bertz CT molecular complexity index is 1030. The molecule has 0 N–H and O–H groups in total. The molecule has 2 aromatic carbocycles. The lowest BCUT2D eigenvalue weighted by molar-refractivity contribution is -0.116. The summed E-state index contributed by atoms with van der Waals surface area (Å²) in [6, 6.07) is 16.5. The van der Waals surface area contributed by atoms with E-state index in [1.807, 2.05) is 34.9 Å². The van der Waals surface area contributed by atoms with Gasteiger partial charge in [0.1, 0.15) is 5.75 Å².